The minimum absolute atomic E-state index is 0.0632. The summed E-state index contributed by atoms with van der Waals surface area (Å²) in [6.45, 7) is 3.64. The lowest BCUT2D eigenvalue weighted by Gasteiger charge is -2.27. The lowest BCUT2D eigenvalue weighted by molar-refractivity contribution is 0.0189. The molecule has 27 heavy (non-hydrogen) atoms. The van der Waals surface area contributed by atoms with Crippen molar-refractivity contribution in [2.75, 3.05) is 17.2 Å². The first-order valence-electron chi connectivity index (χ1n) is 10.00. The summed E-state index contributed by atoms with van der Waals surface area (Å²) < 4.78 is 5.84. The van der Waals surface area contributed by atoms with Gasteiger partial charge in [0.05, 0.1) is 17.5 Å². The average Bonchev–Trinajstić information content (AvgIpc) is 2.90. The maximum Gasteiger partial charge on any atom is 0.184 e. The highest BCUT2D eigenvalue weighted by molar-refractivity contribution is 5.96. The van der Waals surface area contributed by atoms with Crippen molar-refractivity contribution in [1.82, 2.24) is 4.98 Å². The van der Waals surface area contributed by atoms with Gasteiger partial charge >= 0.3 is 0 Å². The fraction of sp³-hybridized carbons (Fsp3) is 0.455. The molecule has 0 saturated heterocycles. The molecule has 1 saturated carbocycles. The number of Topliss-reactive ketones (excluding diaryl/α,β-unsaturated/α-hetero) is 1. The van der Waals surface area contributed by atoms with Crippen molar-refractivity contribution in [3.8, 4) is 0 Å². The van der Waals surface area contributed by atoms with Crippen LogP contribution < -0.4 is 10.6 Å². The number of nitrogens with zero attached hydrogens (tertiary/aromatic N) is 1. The monoisotopic (exact) mass is 365 g/mol. The predicted octanol–water partition coefficient (Wildman–Crippen LogP) is 4.92. The molecule has 1 aromatic heterocycles. The van der Waals surface area contributed by atoms with E-state index in [2.05, 4.69) is 22.5 Å². The normalized spacial score (nSPS) is 21.2. The number of carbonyl (C=O) groups is 1. The number of ketones is 1. The smallest absolute Gasteiger partial charge is 0.184 e. The second-order valence-electron chi connectivity index (χ2n) is 7.44. The summed E-state index contributed by atoms with van der Waals surface area (Å²) in [6, 6.07) is 11.9. The van der Waals surface area contributed by atoms with Crippen molar-refractivity contribution >= 4 is 23.0 Å². The number of nitrogens with one attached hydrogen (secondary N) is 2. The number of ether oxygens (including phenoxy) is 1. The summed E-state index contributed by atoms with van der Waals surface area (Å²) in [5.41, 5.74) is 3.67. The summed E-state index contributed by atoms with van der Waals surface area (Å²) in [4.78, 5) is 17.7. The molecule has 2 aliphatic rings. The SMILES string of the molecule is CCCOC1CCC(C(=O)c2ccc3c(n2)Nc2ccccc2NC3)CC1. The summed E-state index contributed by atoms with van der Waals surface area (Å²) in [5, 5.41) is 6.80. The zero-order chi connectivity index (χ0) is 18.6. The highest BCUT2D eigenvalue weighted by Crippen LogP contribution is 2.32. The molecule has 2 aromatic rings. The molecule has 0 amide bonds. The minimum Gasteiger partial charge on any atom is -0.379 e. The fourth-order valence-electron chi connectivity index (χ4n) is 3.93. The summed E-state index contributed by atoms with van der Waals surface area (Å²) >= 11 is 0. The number of pyridine rings is 1. The third-order valence-electron chi connectivity index (χ3n) is 5.48. The van der Waals surface area contributed by atoms with Gasteiger partial charge in [-0.25, -0.2) is 4.98 Å². The van der Waals surface area contributed by atoms with Gasteiger partial charge in [0.2, 0.25) is 0 Å². The lowest BCUT2D eigenvalue weighted by atomic mass is 9.83. The van der Waals surface area contributed by atoms with Crippen LogP contribution in [0.2, 0.25) is 0 Å². The van der Waals surface area contributed by atoms with Crippen LogP contribution in [0.1, 0.15) is 55.1 Å². The van der Waals surface area contributed by atoms with Gasteiger partial charge in [-0.1, -0.05) is 25.1 Å². The third-order valence-corrected chi connectivity index (χ3v) is 5.48. The number of fused-ring (bicyclic) bond motifs is 2. The van der Waals surface area contributed by atoms with E-state index in [1.165, 1.54) is 0 Å². The van der Waals surface area contributed by atoms with Crippen LogP contribution in [0.5, 0.6) is 0 Å². The lowest BCUT2D eigenvalue weighted by Crippen LogP contribution is -2.27. The molecule has 0 atom stereocenters. The standard InChI is InChI=1S/C22H27N3O2/c1-2-13-27-17-10-7-15(8-11-17)21(26)20-12-9-16-14-23-18-5-3-4-6-19(18)24-22(16)25-20/h3-6,9,12,15,17,23H,2,7-8,10-11,13-14H2,1H3,(H,24,25). The van der Waals surface area contributed by atoms with Gasteiger partial charge in [-0.3, -0.25) is 4.79 Å². The Labute approximate surface area is 160 Å². The van der Waals surface area contributed by atoms with Crippen LogP contribution in [0.15, 0.2) is 36.4 Å². The fourth-order valence-corrected chi connectivity index (χ4v) is 3.93. The second kappa shape index (κ2) is 8.09. The van der Waals surface area contributed by atoms with E-state index < -0.39 is 0 Å². The number of benzene rings is 1. The highest BCUT2D eigenvalue weighted by Gasteiger charge is 2.28. The maximum atomic E-state index is 13.0. The largest absolute Gasteiger partial charge is 0.379 e. The summed E-state index contributed by atoms with van der Waals surface area (Å²) in [7, 11) is 0. The number of hydrogen-bond acceptors (Lipinski definition) is 5. The number of rotatable bonds is 5. The zero-order valence-corrected chi connectivity index (χ0v) is 15.8. The van der Waals surface area contributed by atoms with E-state index >= 15 is 0 Å². The molecule has 1 aliphatic heterocycles. The van der Waals surface area contributed by atoms with Crippen molar-refractivity contribution in [2.45, 2.75) is 51.7 Å². The number of carbonyl (C=O) groups excluding carboxylic acids is 1. The molecule has 2 N–H and O–H groups in total. The van der Waals surface area contributed by atoms with Gasteiger partial charge in [-0.15, -0.1) is 0 Å². The Kier molecular flexibility index (Phi) is 5.39. The molecular weight excluding hydrogens is 338 g/mol. The van der Waals surface area contributed by atoms with E-state index in [9.17, 15) is 4.79 Å². The quantitative estimate of drug-likeness (QED) is 0.737. The van der Waals surface area contributed by atoms with Crippen LogP contribution >= 0.6 is 0 Å². The third kappa shape index (κ3) is 3.98. The minimum atomic E-state index is 0.0632. The van der Waals surface area contributed by atoms with E-state index in [1.807, 2.05) is 36.4 Å². The molecule has 1 aliphatic carbocycles. The molecular formula is C22H27N3O2. The Morgan fingerprint density at radius 3 is 2.67 bits per heavy atom. The van der Waals surface area contributed by atoms with Crippen molar-refractivity contribution in [1.29, 1.82) is 0 Å². The maximum absolute atomic E-state index is 13.0. The Morgan fingerprint density at radius 1 is 1.11 bits per heavy atom. The van der Waals surface area contributed by atoms with Gasteiger partial charge < -0.3 is 15.4 Å². The van der Waals surface area contributed by atoms with Crippen LogP contribution in [-0.4, -0.2) is 23.5 Å². The summed E-state index contributed by atoms with van der Waals surface area (Å²) in [5.74, 6) is 1.01. The first kappa shape index (κ1) is 18.0. The van der Waals surface area contributed by atoms with E-state index in [0.717, 1.165) is 61.5 Å². The molecule has 0 spiro atoms. The first-order valence-corrected chi connectivity index (χ1v) is 10.00. The van der Waals surface area contributed by atoms with Crippen molar-refractivity contribution in [3.63, 3.8) is 0 Å². The van der Waals surface area contributed by atoms with Crippen LogP contribution in [0, 0.1) is 5.92 Å². The molecule has 1 fully saturated rings. The van der Waals surface area contributed by atoms with Crippen LogP contribution in [0.3, 0.4) is 0 Å². The Balaban J connectivity index is 1.46. The van der Waals surface area contributed by atoms with Gasteiger partial charge in [0.25, 0.3) is 0 Å². The van der Waals surface area contributed by atoms with Gasteiger partial charge in [0, 0.05) is 24.6 Å². The van der Waals surface area contributed by atoms with E-state index in [1.54, 1.807) is 0 Å². The van der Waals surface area contributed by atoms with Gasteiger partial charge in [0.1, 0.15) is 11.5 Å². The average molecular weight is 365 g/mol. The number of anilines is 3. The topological polar surface area (TPSA) is 63.2 Å². The van der Waals surface area contributed by atoms with Gasteiger partial charge in [0.15, 0.2) is 5.78 Å². The molecule has 5 heteroatoms. The molecule has 0 radical (unpaired) electrons. The number of hydrogen-bond donors (Lipinski definition) is 2. The molecule has 0 unspecified atom stereocenters. The molecule has 2 heterocycles. The van der Waals surface area contributed by atoms with Crippen LogP contribution in [-0.2, 0) is 11.3 Å². The predicted molar refractivity (Wildman–Crippen MR) is 108 cm³/mol. The van der Waals surface area contributed by atoms with Crippen molar-refractivity contribution in [3.05, 3.63) is 47.7 Å². The molecule has 0 bridgehead atoms. The van der Waals surface area contributed by atoms with Crippen LogP contribution in [0.4, 0.5) is 17.2 Å². The van der Waals surface area contributed by atoms with Crippen LogP contribution in [0.25, 0.3) is 0 Å². The molecule has 4 rings (SSSR count). The Hall–Kier alpha value is -2.40. The van der Waals surface area contributed by atoms with E-state index in [-0.39, 0.29) is 11.7 Å². The highest BCUT2D eigenvalue weighted by atomic mass is 16.5. The van der Waals surface area contributed by atoms with Crippen molar-refractivity contribution < 1.29 is 9.53 Å². The Morgan fingerprint density at radius 2 is 1.89 bits per heavy atom. The number of aromatic nitrogens is 1. The molecule has 5 nitrogen and oxygen atoms in total. The zero-order valence-electron chi connectivity index (χ0n) is 15.8. The van der Waals surface area contributed by atoms with Gasteiger partial charge in [-0.2, -0.15) is 0 Å². The number of para-hydroxylation sites is 2. The molecule has 142 valence electrons. The molecule has 1 aromatic carbocycles. The van der Waals surface area contributed by atoms with E-state index in [4.69, 9.17) is 4.74 Å². The van der Waals surface area contributed by atoms with Crippen molar-refractivity contribution in [2.24, 2.45) is 5.92 Å². The van der Waals surface area contributed by atoms with Gasteiger partial charge in [-0.05, 0) is 50.3 Å². The Bertz CT molecular complexity index is 813. The first-order chi connectivity index (χ1) is 13.2. The summed E-state index contributed by atoms with van der Waals surface area (Å²) in [6.07, 6.45) is 5.09. The second-order valence-corrected chi connectivity index (χ2v) is 7.44. The van der Waals surface area contributed by atoms with E-state index in [0.29, 0.717) is 18.3 Å².